The fourth-order valence-corrected chi connectivity index (χ4v) is 3.02. The van der Waals surface area contributed by atoms with Crippen LogP contribution in [0.3, 0.4) is 0 Å². The van der Waals surface area contributed by atoms with Crippen molar-refractivity contribution in [3.05, 3.63) is 101 Å². The summed E-state index contributed by atoms with van der Waals surface area (Å²) in [6.45, 7) is -0.536. The summed E-state index contributed by atoms with van der Waals surface area (Å²) in [4.78, 5) is 37.0. The van der Waals surface area contributed by atoms with Crippen molar-refractivity contribution in [1.29, 1.82) is 0 Å². The molecule has 9 heteroatoms. The number of amides is 3. The summed E-state index contributed by atoms with van der Waals surface area (Å²) >= 11 is 0. The summed E-state index contributed by atoms with van der Waals surface area (Å²) in [7, 11) is 0. The molecule has 0 spiro atoms. The Hall–Kier alpha value is -4.14. The van der Waals surface area contributed by atoms with Gasteiger partial charge in [-0.05, 0) is 29.8 Å². The third-order valence-corrected chi connectivity index (χ3v) is 4.69. The van der Waals surface area contributed by atoms with Crippen LogP contribution in [0.25, 0.3) is 0 Å². The number of hydrogen-bond donors (Lipinski definition) is 3. The number of benzene rings is 3. The molecule has 0 aliphatic heterocycles. The van der Waals surface area contributed by atoms with Crippen LogP contribution in [-0.4, -0.2) is 24.3 Å². The molecule has 0 bridgehead atoms. The van der Waals surface area contributed by atoms with E-state index in [9.17, 15) is 27.6 Å². The molecule has 170 valence electrons. The normalized spacial score (nSPS) is 11.4. The predicted octanol–water partition coefficient (Wildman–Crippen LogP) is 3.72. The topological polar surface area (TPSA) is 87.3 Å². The van der Waals surface area contributed by atoms with Crippen LogP contribution >= 0.6 is 0 Å². The van der Waals surface area contributed by atoms with Gasteiger partial charge in [0.05, 0.1) is 24.7 Å². The zero-order valence-electron chi connectivity index (χ0n) is 17.3. The van der Waals surface area contributed by atoms with Gasteiger partial charge < -0.3 is 16.0 Å². The standard InChI is InChI=1S/C24H20F3N3O3/c25-17-11-12-18(23(27)22(17)26)29-21(32)14-28-20(31)13-19(15-7-3-1-4-8-15)30-24(33)16-9-5-2-6-10-16/h1-12,19H,13-14H2,(H,28,31)(H,29,32)(H,30,33). The summed E-state index contributed by atoms with van der Waals surface area (Å²) in [6, 6.07) is 18.2. The third kappa shape index (κ3) is 6.42. The molecule has 0 aliphatic rings. The van der Waals surface area contributed by atoms with Crippen LogP contribution in [0.4, 0.5) is 18.9 Å². The van der Waals surface area contributed by atoms with Crippen molar-refractivity contribution in [3.63, 3.8) is 0 Å². The average Bonchev–Trinajstić information content (AvgIpc) is 2.83. The van der Waals surface area contributed by atoms with Gasteiger partial charge in [0, 0.05) is 5.56 Å². The van der Waals surface area contributed by atoms with E-state index in [1.807, 2.05) is 0 Å². The Kier molecular flexibility index (Phi) is 7.80. The van der Waals surface area contributed by atoms with Gasteiger partial charge in [-0.3, -0.25) is 14.4 Å². The zero-order valence-corrected chi connectivity index (χ0v) is 17.3. The number of nitrogens with one attached hydrogen (secondary N) is 3. The first-order valence-corrected chi connectivity index (χ1v) is 9.96. The SMILES string of the molecule is O=C(CC(NC(=O)c1ccccc1)c1ccccc1)NCC(=O)Nc1ccc(F)c(F)c1F. The fraction of sp³-hybridized carbons (Fsp3) is 0.125. The van der Waals surface area contributed by atoms with Gasteiger partial charge in [-0.25, -0.2) is 13.2 Å². The van der Waals surface area contributed by atoms with Crippen molar-refractivity contribution < 1.29 is 27.6 Å². The molecule has 3 aromatic rings. The Bertz CT molecular complexity index is 1140. The van der Waals surface area contributed by atoms with Gasteiger partial charge in [-0.15, -0.1) is 0 Å². The maximum atomic E-state index is 13.7. The second-order valence-corrected chi connectivity index (χ2v) is 7.05. The lowest BCUT2D eigenvalue weighted by Gasteiger charge is -2.19. The Labute approximate surface area is 187 Å². The molecule has 33 heavy (non-hydrogen) atoms. The van der Waals surface area contributed by atoms with E-state index in [2.05, 4.69) is 16.0 Å². The highest BCUT2D eigenvalue weighted by atomic mass is 19.2. The van der Waals surface area contributed by atoms with E-state index in [1.165, 1.54) is 0 Å². The Balaban J connectivity index is 1.61. The molecule has 0 saturated carbocycles. The molecular weight excluding hydrogens is 435 g/mol. The lowest BCUT2D eigenvalue weighted by molar-refractivity contribution is -0.124. The highest BCUT2D eigenvalue weighted by Crippen LogP contribution is 2.20. The van der Waals surface area contributed by atoms with Crippen LogP contribution in [0.1, 0.15) is 28.4 Å². The van der Waals surface area contributed by atoms with Crippen LogP contribution in [-0.2, 0) is 9.59 Å². The van der Waals surface area contributed by atoms with Gasteiger partial charge >= 0.3 is 0 Å². The van der Waals surface area contributed by atoms with Crippen molar-refractivity contribution in [2.75, 3.05) is 11.9 Å². The monoisotopic (exact) mass is 455 g/mol. The minimum atomic E-state index is -1.71. The minimum Gasteiger partial charge on any atom is -0.347 e. The van der Waals surface area contributed by atoms with E-state index >= 15 is 0 Å². The first kappa shape index (κ1) is 23.5. The van der Waals surface area contributed by atoms with E-state index in [-0.39, 0.29) is 12.3 Å². The highest BCUT2D eigenvalue weighted by molar-refractivity contribution is 5.96. The van der Waals surface area contributed by atoms with Crippen molar-refractivity contribution in [1.82, 2.24) is 10.6 Å². The average molecular weight is 455 g/mol. The summed E-state index contributed by atoms with van der Waals surface area (Å²) in [5.74, 6) is -6.40. The van der Waals surface area contributed by atoms with Gasteiger partial charge in [0.2, 0.25) is 11.8 Å². The van der Waals surface area contributed by atoms with E-state index in [0.29, 0.717) is 17.2 Å². The van der Waals surface area contributed by atoms with Crippen LogP contribution in [0.2, 0.25) is 0 Å². The second-order valence-electron chi connectivity index (χ2n) is 7.05. The van der Waals surface area contributed by atoms with E-state index in [0.717, 1.165) is 6.07 Å². The lowest BCUT2D eigenvalue weighted by Crippen LogP contribution is -2.37. The maximum absolute atomic E-state index is 13.7. The van der Waals surface area contributed by atoms with E-state index < -0.39 is 47.5 Å². The molecule has 3 aromatic carbocycles. The molecule has 0 aromatic heterocycles. The predicted molar refractivity (Wildman–Crippen MR) is 116 cm³/mol. The number of hydrogen-bond acceptors (Lipinski definition) is 3. The molecule has 3 amide bonds. The Morgan fingerprint density at radius 2 is 1.39 bits per heavy atom. The van der Waals surface area contributed by atoms with Crippen LogP contribution in [0.15, 0.2) is 72.8 Å². The minimum absolute atomic E-state index is 0.171. The van der Waals surface area contributed by atoms with Gasteiger partial charge in [0.15, 0.2) is 17.5 Å². The molecule has 0 aliphatic carbocycles. The third-order valence-electron chi connectivity index (χ3n) is 4.69. The quantitative estimate of drug-likeness (QED) is 0.453. The maximum Gasteiger partial charge on any atom is 0.251 e. The number of anilines is 1. The number of halogens is 3. The molecule has 0 heterocycles. The lowest BCUT2D eigenvalue weighted by atomic mass is 10.0. The summed E-state index contributed by atoms with van der Waals surface area (Å²) < 4.78 is 40.0. The van der Waals surface area contributed by atoms with Gasteiger partial charge in [-0.1, -0.05) is 48.5 Å². The molecule has 1 atom stereocenters. The summed E-state index contributed by atoms with van der Waals surface area (Å²) in [5, 5.41) is 7.24. The van der Waals surface area contributed by atoms with Crippen molar-refractivity contribution in [2.24, 2.45) is 0 Å². The van der Waals surface area contributed by atoms with Crippen LogP contribution < -0.4 is 16.0 Å². The number of carbonyl (C=O) groups is 3. The Morgan fingerprint density at radius 1 is 0.758 bits per heavy atom. The zero-order chi connectivity index (χ0) is 23.8. The highest BCUT2D eigenvalue weighted by Gasteiger charge is 2.20. The Morgan fingerprint density at radius 3 is 2.06 bits per heavy atom. The largest absolute Gasteiger partial charge is 0.347 e. The second kappa shape index (κ2) is 10.9. The first-order valence-electron chi connectivity index (χ1n) is 9.96. The molecule has 3 rings (SSSR count). The number of carbonyl (C=O) groups excluding carboxylic acids is 3. The van der Waals surface area contributed by atoms with Crippen LogP contribution in [0.5, 0.6) is 0 Å². The molecule has 6 nitrogen and oxygen atoms in total. The van der Waals surface area contributed by atoms with Crippen molar-refractivity contribution in [2.45, 2.75) is 12.5 Å². The molecule has 0 saturated heterocycles. The van der Waals surface area contributed by atoms with Crippen LogP contribution in [0, 0.1) is 17.5 Å². The molecule has 0 radical (unpaired) electrons. The van der Waals surface area contributed by atoms with Crippen molar-refractivity contribution >= 4 is 23.4 Å². The van der Waals surface area contributed by atoms with Gasteiger partial charge in [-0.2, -0.15) is 0 Å². The smallest absolute Gasteiger partial charge is 0.251 e. The number of rotatable bonds is 8. The van der Waals surface area contributed by atoms with E-state index in [4.69, 9.17) is 0 Å². The first-order chi connectivity index (χ1) is 15.8. The van der Waals surface area contributed by atoms with Gasteiger partial charge in [0.25, 0.3) is 5.91 Å². The summed E-state index contributed by atoms with van der Waals surface area (Å²) in [6.07, 6.45) is -0.171. The molecule has 3 N–H and O–H groups in total. The van der Waals surface area contributed by atoms with Gasteiger partial charge in [0.1, 0.15) is 0 Å². The molecular formula is C24H20F3N3O3. The van der Waals surface area contributed by atoms with E-state index in [1.54, 1.807) is 60.7 Å². The summed E-state index contributed by atoms with van der Waals surface area (Å²) in [5.41, 5.74) is 0.558. The molecule has 0 fully saturated rings. The van der Waals surface area contributed by atoms with Crippen molar-refractivity contribution in [3.8, 4) is 0 Å². The molecule has 1 unspecified atom stereocenters. The fourth-order valence-electron chi connectivity index (χ4n) is 3.02.